The molecule has 0 spiro atoms. The monoisotopic (exact) mass is 310 g/mol. The normalized spacial score (nSPS) is 11.3. The van der Waals surface area contributed by atoms with Crippen molar-refractivity contribution in [2.75, 3.05) is 6.61 Å². The van der Waals surface area contributed by atoms with Gasteiger partial charge in [0.15, 0.2) is 17.3 Å². The van der Waals surface area contributed by atoms with E-state index in [0.29, 0.717) is 0 Å². The summed E-state index contributed by atoms with van der Waals surface area (Å²) >= 11 is 0. The molecule has 0 heterocycles. The molecule has 1 N–H and O–H groups in total. The fraction of sp³-hybridized carbons (Fsp3) is 0.188. The smallest absolute Gasteiger partial charge is 0.270 e. The van der Waals surface area contributed by atoms with Crippen molar-refractivity contribution in [1.29, 1.82) is 0 Å². The quantitative estimate of drug-likeness (QED) is 0.852. The summed E-state index contributed by atoms with van der Waals surface area (Å²) in [6.45, 7) is 0.0613. The highest BCUT2D eigenvalue weighted by molar-refractivity contribution is 5.97. The summed E-state index contributed by atoms with van der Waals surface area (Å²) in [5.41, 5.74) is -0.155. The lowest BCUT2D eigenvalue weighted by atomic mass is 10.1. The third-order valence-corrected chi connectivity index (χ3v) is 2.99. The van der Waals surface area contributed by atoms with E-state index in [1.807, 2.05) is 0 Å². The molecule has 0 saturated carbocycles. The predicted molar refractivity (Wildman–Crippen MR) is 73.9 cm³/mol. The molecule has 0 aliphatic rings. The van der Waals surface area contributed by atoms with Crippen molar-refractivity contribution in [2.45, 2.75) is 12.8 Å². The van der Waals surface area contributed by atoms with Gasteiger partial charge in [0.25, 0.3) is 5.92 Å². The minimum absolute atomic E-state index is 0.0216. The van der Waals surface area contributed by atoms with Crippen LogP contribution in [0.25, 0.3) is 0 Å². The first kappa shape index (κ1) is 16.0. The van der Waals surface area contributed by atoms with Crippen molar-refractivity contribution in [2.24, 2.45) is 0 Å². The van der Waals surface area contributed by atoms with Crippen LogP contribution in [0.3, 0.4) is 0 Å². The van der Waals surface area contributed by atoms with Crippen LogP contribution in [-0.2, 0) is 5.92 Å². The van der Waals surface area contributed by atoms with E-state index < -0.39 is 24.1 Å². The van der Waals surface area contributed by atoms with E-state index in [0.717, 1.165) is 13.0 Å². The van der Waals surface area contributed by atoms with Crippen molar-refractivity contribution in [3.63, 3.8) is 0 Å². The number of carbonyl (C=O) groups is 1. The summed E-state index contributed by atoms with van der Waals surface area (Å²) in [6.07, 6.45) is 0. The van der Waals surface area contributed by atoms with Gasteiger partial charge in [-0.1, -0.05) is 0 Å². The Morgan fingerprint density at radius 1 is 1.18 bits per heavy atom. The number of ether oxygens (including phenoxy) is 1. The van der Waals surface area contributed by atoms with Gasteiger partial charge in [0.1, 0.15) is 12.4 Å². The van der Waals surface area contributed by atoms with E-state index in [9.17, 15) is 18.0 Å². The average Bonchev–Trinajstić information content (AvgIpc) is 2.48. The number of halogens is 3. The number of hydrogen-bond acceptors (Lipinski definition) is 3. The fourth-order valence-electron chi connectivity index (χ4n) is 1.79. The summed E-state index contributed by atoms with van der Waals surface area (Å²) in [5, 5.41) is 8.71. The summed E-state index contributed by atoms with van der Waals surface area (Å²) in [5.74, 6) is -4.32. The fourth-order valence-corrected chi connectivity index (χ4v) is 1.79. The van der Waals surface area contributed by atoms with E-state index in [4.69, 9.17) is 9.84 Å². The van der Waals surface area contributed by atoms with Crippen LogP contribution in [-0.4, -0.2) is 17.5 Å². The van der Waals surface area contributed by atoms with Crippen LogP contribution in [0.4, 0.5) is 13.2 Å². The highest BCUT2D eigenvalue weighted by Crippen LogP contribution is 2.30. The number of benzene rings is 2. The molecular formula is C16H13F3O3. The van der Waals surface area contributed by atoms with Crippen LogP contribution in [0, 0.1) is 5.82 Å². The molecule has 116 valence electrons. The standard InChI is InChI=1S/C16H13F3O3/c1-16(18,19)11-3-5-12(6-4-11)22-15-7-2-10(8-13(15)17)14(21)9-20/h2-8,20H,9H2,1H3. The van der Waals surface area contributed by atoms with E-state index in [-0.39, 0.29) is 22.6 Å². The highest BCUT2D eigenvalue weighted by atomic mass is 19.3. The molecule has 2 aromatic rings. The van der Waals surface area contributed by atoms with Gasteiger partial charge in [0.05, 0.1) is 0 Å². The number of aliphatic hydroxyl groups is 1. The lowest BCUT2D eigenvalue weighted by Crippen LogP contribution is -2.06. The largest absolute Gasteiger partial charge is 0.454 e. The minimum atomic E-state index is -2.96. The van der Waals surface area contributed by atoms with Gasteiger partial charge in [-0.15, -0.1) is 0 Å². The van der Waals surface area contributed by atoms with Gasteiger partial charge in [-0.2, -0.15) is 0 Å². The first-order chi connectivity index (χ1) is 10.3. The van der Waals surface area contributed by atoms with Crippen molar-refractivity contribution in [1.82, 2.24) is 0 Å². The Morgan fingerprint density at radius 3 is 2.32 bits per heavy atom. The zero-order chi connectivity index (χ0) is 16.3. The number of carbonyl (C=O) groups excluding carboxylic acids is 1. The molecule has 2 aromatic carbocycles. The molecule has 0 radical (unpaired) electrons. The van der Waals surface area contributed by atoms with Crippen molar-refractivity contribution in [3.05, 3.63) is 59.4 Å². The molecule has 0 fully saturated rings. The number of rotatable bonds is 5. The Bertz CT molecular complexity index is 676. The first-order valence-electron chi connectivity index (χ1n) is 6.41. The van der Waals surface area contributed by atoms with Gasteiger partial charge in [0, 0.05) is 18.1 Å². The SMILES string of the molecule is CC(F)(F)c1ccc(Oc2ccc(C(=O)CO)cc2F)cc1. The third kappa shape index (κ3) is 3.65. The van der Waals surface area contributed by atoms with E-state index in [1.165, 1.54) is 36.4 Å². The summed E-state index contributed by atoms with van der Waals surface area (Å²) in [7, 11) is 0. The number of aliphatic hydroxyl groups excluding tert-OH is 1. The van der Waals surface area contributed by atoms with Crippen molar-refractivity contribution >= 4 is 5.78 Å². The average molecular weight is 310 g/mol. The van der Waals surface area contributed by atoms with Gasteiger partial charge in [0.2, 0.25) is 0 Å². The van der Waals surface area contributed by atoms with Crippen LogP contribution in [0.2, 0.25) is 0 Å². The maximum absolute atomic E-state index is 13.8. The molecule has 0 atom stereocenters. The second-order valence-electron chi connectivity index (χ2n) is 4.74. The molecule has 0 bridgehead atoms. The number of alkyl halides is 2. The van der Waals surface area contributed by atoms with E-state index >= 15 is 0 Å². The molecule has 0 aliphatic carbocycles. The zero-order valence-electron chi connectivity index (χ0n) is 11.6. The van der Waals surface area contributed by atoms with Crippen LogP contribution in [0.5, 0.6) is 11.5 Å². The molecule has 0 amide bonds. The molecule has 0 aliphatic heterocycles. The molecular weight excluding hydrogens is 297 g/mol. The highest BCUT2D eigenvalue weighted by Gasteiger charge is 2.23. The van der Waals surface area contributed by atoms with Crippen LogP contribution < -0.4 is 4.74 Å². The molecule has 22 heavy (non-hydrogen) atoms. The number of hydrogen-bond donors (Lipinski definition) is 1. The Labute approximate surface area is 125 Å². The Kier molecular flexibility index (Phi) is 4.51. The molecule has 6 heteroatoms. The second-order valence-corrected chi connectivity index (χ2v) is 4.74. The topological polar surface area (TPSA) is 46.5 Å². The Balaban J connectivity index is 2.19. The first-order valence-corrected chi connectivity index (χ1v) is 6.41. The van der Waals surface area contributed by atoms with Gasteiger partial charge >= 0.3 is 0 Å². The number of Topliss-reactive ketones (excluding diaryl/α,β-unsaturated/α-hetero) is 1. The van der Waals surface area contributed by atoms with Gasteiger partial charge in [-0.3, -0.25) is 4.79 Å². The van der Waals surface area contributed by atoms with Crippen LogP contribution >= 0.6 is 0 Å². The Morgan fingerprint density at radius 2 is 1.82 bits per heavy atom. The molecule has 0 saturated heterocycles. The minimum Gasteiger partial charge on any atom is -0.454 e. The van der Waals surface area contributed by atoms with E-state index in [2.05, 4.69) is 0 Å². The third-order valence-electron chi connectivity index (χ3n) is 2.99. The maximum Gasteiger partial charge on any atom is 0.270 e. The van der Waals surface area contributed by atoms with E-state index in [1.54, 1.807) is 0 Å². The van der Waals surface area contributed by atoms with Crippen molar-refractivity contribution < 1.29 is 27.8 Å². The lowest BCUT2D eigenvalue weighted by Gasteiger charge is -2.12. The summed E-state index contributed by atoms with van der Waals surface area (Å²) in [4.78, 5) is 11.2. The molecule has 0 aromatic heterocycles. The molecule has 0 unspecified atom stereocenters. The van der Waals surface area contributed by atoms with Crippen LogP contribution in [0.15, 0.2) is 42.5 Å². The summed E-state index contributed by atoms with van der Waals surface area (Å²) in [6, 6.07) is 8.49. The molecule has 3 nitrogen and oxygen atoms in total. The molecule has 2 rings (SSSR count). The van der Waals surface area contributed by atoms with Gasteiger partial charge < -0.3 is 9.84 Å². The second kappa shape index (κ2) is 6.19. The Hall–Kier alpha value is -2.34. The maximum atomic E-state index is 13.8. The zero-order valence-corrected chi connectivity index (χ0v) is 11.6. The lowest BCUT2D eigenvalue weighted by molar-refractivity contribution is 0.0174. The van der Waals surface area contributed by atoms with Crippen molar-refractivity contribution in [3.8, 4) is 11.5 Å². The predicted octanol–water partition coefficient (Wildman–Crippen LogP) is 3.90. The number of ketones is 1. The van der Waals surface area contributed by atoms with Crippen LogP contribution in [0.1, 0.15) is 22.8 Å². The van der Waals surface area contributed by atoms with Gasteiger partial charge in [-0.25, -0.2) is 13.2 Å². The van der Waals surface area contributed by atoms with Gasteiger partial charge in [-0.05, 0) is 42.5 Å². The summed E-state index contributed by atoms with van der Waals surface area (Å²) < 4.78 is 45.2.